The third kappa shape index (κ3) is 2.89. The van der Waals surface area contributed by atoms with Crippen molar-refractivity contribution in [3.05, 3.63) is 80.2 Å². The van der Waals surface area contributed by atoms with Gasteiger partial charge in [0, 0.05) is 12.0 Å². The predicted octanol–water partition coefficient (Wildman–Crippen LogP) is 5.08. The Labute approximate surface area is 140 Å². The third-order valence-electron chi connectivity index (χ3n) is 4.62. The molecule has 0 spiro atoms. The molecule has 1 aliphatic heterocycles. The third-order valence-corrected chi connectivity index (χ3v) is 6.34. The van der Waals surface area contributed by atoms with Gasteiger partial charge in [-0.2, -0.15) is 0 Å². The lowest BCUT2D eigenvalue weighted by Crippen LogP contribution is -2.49. The summed E-state index contributed by atoms with van der Waals surface area (Å²) in [6.07, 6.45) is 1.20. The minimum atomic E-state index is 1.16. The summed E-state index contributed by atoms with van der Waals surface area (Å²) < 4.78 is 1.16. The Morgan fingerprint density at radius 2 is 1.41 bits per heavy atom. The fourth-order valence-corrected chi connectivity index (χ4v) is 5.22. The van der Waals surface area contributed by atoms with Crippen LogP contribution in [0.3, 0.4) is 0 Å². The maximum atomic E-state index is 2.32. The summed E-state index contributed by atoms with van der Waals surface area (Å²) in [6, 6.07) is 17.9. The second-order valence-electron chi connectivity index (χ2n) is 6.22. The van der Waals surface area contributed by atoms with Crippen LogP contribution in [0.1, 0.15) is 20.9 Å². The van der Waals surface area contributed by atoms with Crippen LogP contribution in [0.5, 0.6) is 0 Å². The van der Waals surface area contributed by atoms with Crippen molar-refractivity contribution in [1.82, 2.24) is 0 Å². The fraction of sp³-hybridized carbons (Fsp3) is 0.263. The number of benzene rings is 1. The maximum absolute atomic E-state index is 2.32. The van der Waals surface area contributed by atoms with E-state index in [4.69, 9.17) is 0 Å². The lowest BCUT2D eigenvalue weighted by Gasteiger charge is -2.41. The van der Waals surface area contributed by atoms with E-state index in [0.717, 1.165) is 24.1 Å². The van der Waals surface area contributed by atoms with Crippen molar-refractivity contribution in [2.75, 3.05) is 6.54 Å². The number of hydrogen-bond donors (Lipinski definition) is 0. The van der Waals surface area contributed by atoms with Gasteiger partial charge < -0.3 is 4.48 Å². The smallest absolute Gasteiger partial charge is 0.114 e. The van der Waals surface area contributed by atoms with Crippen molar-refractivity contribution in [2.24, 2.45) is 0 Å². The van der Waals surface area contributed by atoms with Gasteiger partial charge in [0.1, 0.15) is 19.6 Å². The number of fused-ring (bicyclic) bond motifs is 1. The molecule has 1 nitrogen and oxygen atoms in total. The number of hydrogen-bond acceptors (Lipinski definition) is 2. The number of nitrogens with zero attached hydrogens (tertiary/aromatic N) is 1. The highest BCUT2D eigenvalue weighted by Crippen LogP contribution is 2.32. The van der Waals surface area contributed by atoms with Crippen LogP contribution in [0.25, 0.3) is 0 Å². The van der Waals surface area contributed by atoms with E-state index in [-0.39, 0.29) is 0 Å². The van der Waals surface area contributed by atoms with Gasteiger partial charge in [-0.05, 0) is 28.5 Å². The molecule has 3 aromatic rings. The van der Waals surface area contributed by atoms with Crippen molar-refractivity contribution in [3.63, 3.8) is 0 Å². The molecule has 0 atom stereocenters. The Morgan fingerprint density at radius 1 is 0.773 bits per heavy atom. The molecule has 0 saturated carbocycles. The number of quaternary nitrogens is 1. The first-order valence-electron chi connectivity index (χ1n) is 7.80. The van der Waals surface area contributed by atoms with Gasteiger partial charge in [0.05, 0.1) is 16.3 Å². The van der Waals surface area contributed by atoms with E-state index >= 15 is 0 Å². The Morgan fingerprint density at radius 3 is 2.00 bits per heavy atom. The first-order valence-corrected chi connectivity index (χ1v) is 9.56. The van der Waals surface area contributed by atoms with E-state index < -0.39 is 0 Å². The average Bonchev–Trinajstić information content (AvgIpc) is 3.21. The van der Waals surface area contributed by atoms with Crippen LogP contribution in [0.2, 0.25) is 0 Å². The Balaban J connectivity index is 1.67. The molecule has 0 bridgehead atoms. The average molecular weight is 327 g/mol. The zero-order valence-corrected chi connectivity index (χ0v) is 14.2. The first-order chi connectivity index (χ1) is 10.8. The van der Waals surface area contributed by atoms with Crippen molar-refractivity contribution in [3.8, 4) is 0 Å². The molecule has 0 aliphatic carbocycles. The van der Waals surface area contributed by atoms with Gasteiger partial charge in [-0.25, -0.2) is 0 Å². The zero-order valence-electron chi connectivity index (χ0n) is 12.6. The van der Waals surface area contributed by atoms with Gasteiger partial charge in [-0.1, -0.05) is 36.4 Å². The Bertz CT molecular complexity index is 692. The molecule has 0 saturated heterocycles. The Kier molecular flexibility index (Phi) is 3.87. The molecule has 0 N–H and O–H groups in total. The largest absolute Gasteiger partial charge is 0.311 e. The van der Waals surface area contributed by atoms with Gasteiger partial charge in [0.25, 0.3) is 0 Å². The van der Waals surface area contributed by atoms with E-state index in [1.54, 1.807) is 11.1 Å². The summed E-state index contributed by atoms with van der Waals surface area (Å²) in [5.74, 6) is 0. The lowest BCUT2D eigenvalue weighted by molar-refractivity contribution is -0.967. The molecule has 0 unspecified atom stereocenters. The molecular weight excluding hydrogens is 306 g/mol. The summed E-state index contributed by atoms with van der Waals surface area (Å²) in [6.45, 7) is 4.71. The standard InChI is InChI=1S/C19H20NS2/c1-2-6-17-13-20(10-9-16(17)5-1,14-18-7-3-11-21-18)15-19-8-4-12-22-19/h1-8,11-12H,9-10,13-15H2/q+1. The molecular formula is C19H20NS2+. The minimum absolute atomic E-state index is 1.16. The molecule has 112 valence electrons. The SMILES string of the molecule is c1csc(C[N+]2(Cc3cccs3)CCc3ccccc3C2)c1. The van der Waals surface area contributed by atoms with Gasteiger partial charge in [0.2, 0.25) is 0 Å². The molecule has 0 fully saturated rings. The molecule has 3 heterocycles. The summed E-state index contributed by atoms with van der Waals surface area (Å²) >= 11 is 3.79. The molecule has 1 aromatic carbocycles. The van der Waals surface area contributed by atoms with Crippen LogP contribution in [0.15, 0.2) is 59.3 Å². The fourth-order valence-electron chi connectivity index (χ4n) is 3.55. The monoisotopic (exact) mass is 326 g/mol. The highest BCUT2D eigenvalue weighted by molar-refractivity contribution is 7.10. The number of rotatable bonds is 4. The summed E-state index contributed by atoms with van der Waals surface area (Å²) in [5.41, 5.74) is 3.09. The maximum Gasteiger partial charge on any atom is 0.114 e. The molecule has 3 heteroatoms. The van der Waals surface area contributed by atoms with E-state index in [9.17, 15) is 0 Å². The van der Waals surface area contributed by atoms with Crippen LogP contribution in [-0.4, -0.2) is 11.0 Å². The van der Waals surface area contributed by atoms with E-state index in [2.05, 4.69) is 59.3 Å². The second kappa shape index (κ2) is 5.99. The molecule has 22 heavy (non-hydrogen) atoms. The van der Waals surface area contributed by atoms with Crippen LogP contribution >= 0.6 is 22.7 Å². The zero-order chi connectivity index (χ0) is 14.8. The van der Waals surface area contributed by atoms with Crippen molar-refractivity contribution in [2.45, 2.75) is 26.1 Å². The summed E-state index contributed by atoms with van der Waals surface area (Å²) in [5, 5.41) is 4.41. The molecule has 1 aliphatic rings. The van der Waals surface area contributed by atoms with E-state index in [1.165, 1.54) is 22.7 Å². The first kappa shape index (κ1) is 14.2. The normalized spacial score (nSPS) is 16.4. The van der Waals surface area contributed by atoms with Crippen molar-refractivity contribution < 1.29 is 4.48 Å². The van der Waals surface area contributed by atoms with E-state index in [0.29, 0.717) is 0 Å². The van der Waals surface area contributed by atoms with Crippen LogP contribution in [0, 0.1) is 0 Å². The van der Waals surface area contributed by atoms with Gasteiger partial charge in [-0.15, -0.1) is 22.7 Å². The minimum Gasteiger partial charge on any atom is -0.311 e. The van der Waals surface area contributed by atoms with Crippen molar-refractivity contribution >= 4 is 22.7 Å². The Hall–Kier alpha value is -1.42. The van der Waals surface area contributed by atoms with E-state index in [1.807, 2.05) is 22.7 Å². The molecule has 2 aromatic heterocycles. The van der Waals surface area contributed by atoms with Crippen LogP contribution in [0.4, 0.5) is 0 Å². The van der Waals surface area contributed by atoms with Gasteiger partial charge in [-0.3, -0.25) is 0 Å². The molecule has 0 radical (unpaired) electrons. The van der Waals surface area contributed by atoms with Gasteiger partial charge in [0.15, 0.2) is 0 Å². The lowest BCUT2D eigenvalue weighted by atomic mass is 9.97. The topological polar surface area (TPSA) is 0 Å². The summed E-state index contributed by atoms with van der Waals surface area (Å²) in [4.78, 5) is 3.02. The number of thiophene rings is 2. The highest BCUT2D eigenvalue weighted by atomic mass is 32.1. The van der Waals surface area contributed by atoms with Crippen LogP contribution in [-0.2, 0) is 26.1 Å². The predicted molar refractivity (Wildman–Crippen MR) is 95.0 cm³/mol. The van der Waals surface area contributed by atoms with Gasteiger partial charge >= 0.3 is 0 Å². The highest BCUT2D eigenvalue weighted by Gasteiger charge is 2.33. The molecule has 4 rings (SSSR count). The molecule has 0 amide bonds. The van der Waals surface area contributed by atoms with Crippen LogP contribution < -0.4 is 0 Å². The second-order valence-corrected chi connectivity index (χ2v) is 8.28. The summed E-state index contributed by atoms with van der Waals surface area (Å²) in [7, 11) is 0. The quantitative estimate of drug-likeness (QED) is 0.586. The van der Waals surface area contributed by atoms with Crippen molar-refractivity contribution in [1.29, 1.82) is 0 Å².